The van der Waals surface area contributed by atoms with E-state index in [2.05, 4.69) is 5.32 Å². The Morgan fingerprint density at radius 3 is 2.72 bits per heavy atom. The Morgan fingerprint density at radius 2 is 1.91 bits per heavy atom. The van der Waals surface area contributed by atoms with Gasteiger partial charge in [-0.1, -0.05) is 19.1 Å². The number of hydrogen-bond donors (Lipinski definition) is 1. The monoisotopic (exact) mass is 448 g/mol. The first-order valence-electron chi connectivity index (χ1n) is 10.2. The van der Waals surface area contributed by atoms with Gasteiger partial charge >= 0.3 is 0 Å². The van der Waals surface area contributed by atoms with Crippen molar-refractivity contribution in [2.75, 3.05) is 23.6 Å². The quantitative estimate of drug-likeness (QED) is 0.530. The molecule has 32 heavy (non-hydrogen) atoms. The number of benzene rings is 2. The Morgan fingerprint density at radius 1 is 1.03 bits per heavy atom. The predicted octanol–water partition coefficient (Wildman–Crippen LogP) is 4.66. The van der Waals surface area contributed by atoms with Crippen molar-refractivity contribution in [1.29, 1.82) is 0 Å². The fourth-order valence-corrected chi connectivity index (χ4v) is 4.35. The van der Waals surface area contributed by atoms with Crippen LogP contribution in [0.5, 0.6) is 17.2 Å². The molecule has 0 spiro atoms. The van der Waals surface area contributed by atoms with E-state index < -0.39 is 5.91 Å². The average Bonchev–Trinajstić information content (AvgIpc) is 3.53. The number of fused-ring (bicyclic) bond motifs is 1. The lowest BCUT2D eigenvalue weighted by atomic mass is 10.1. The van der Waals surface area contributed by atoms with Gasteiger partial charge in [-0.3, -0.25) is 9.59 Å². The lowest BCUT2D eigenvalue weighted by Crippen LogP contribution is -2.32. The number of imide groups is 1. The molecule has 0 aliphatic carbocycles. The van der Waals surface area contributed by atoms with Gasteiger partial charge in [0, 0.05) is 22.7 Å². The number of ether oxygens (including phenoxy) is 3. The van der Waals surface area contributed by atoms with Crippen molar-refractivity contribution in [1.82, 2.24) is 0 Å². The third-order valence-electron chi connectivity index (χ3n) is 5.04. The molecule has 0 atom stereocenters. The van der Waals surface area contributed by atoms with Crippen LogP contribution in [0.1, 0.15) is 18.2 Å². The molecule has 0 bridgehead atoms. The van der Waals surface area contributed by atoms with Crippen LogP contribution in [0.25, 0.3) is 5.57 Å². The number of nitrogens with one attached hydrogen (secondary N) is 1. The van der Waals surface area contributed by atoms with Crippen LogP contribution in [0.4, 0.5) is 11.4 Å². The van der Waals surface area contributed by atoms with Gasteiger partial charge in [-0.25, -0.2) is 4.90 Å². The average molecular weight is 449 g/mol. The molecule has 5 rings (SSSR count). The van der Waals surface area contributed by atoms with Crippen molar-refractivity contribution in [2.24, 2.45) is 0 Å². The maximum atomic E-state index is 13.5. The smallest absolute Gasteiger partial charge is 0.282 e. The molecule has 2 aliphatic rings. The fourth-order valence-electron chi connectivity index (χ4n) is 3.58. The first-order valence-corrected chi connectivity index (χ1v) is 11.1. The second kappa shape index (κ2) is 8.39. The number of thiophene rings is 1. The summed E-state index contributed by atoms with van der Waals surface area (Å²) in [4.78, 5) is 28.8. The van der Waals surface area contributed by atoms with Gasteiger partial charge in [0.25, 0.3) is 11.8 Å². The van der Waals surface area contributed by atoms with Crippen LogP contribution in [0, 0.1) is 0 Å². The molecule has 0 fully saturated rings. The van der Waals surface area contributed by atoms with Crippen molar-refractivity contribution in [2.45, 2.75) is 13.3 Å². The Bertz CT molecular complexity index is 1220. The molecule has 0 saturated heterocycles. The van der Waals surface area contributed by atoms with E-state index in [4.69, 9.17) is 14.2 Å². The first-order chi connectivity index (χ1) is 15.7. The van der Waals surface area contributed by atoms with Crippen LogP contribution in [0.3, 0.4) is 0 Å². The highest BCUT2D eigenvalue weighted by atomic mass is 32.1. The minimum atomic E-state index is -0.427. The van der Waals surface area contributed by atoms with E-state index in [1.807, 2.05) is 30.5 Å². The molecule has 0 saturated carbocycles. The lowest BCUT2D eigenvalue weighted by molar-refractivity contribution is -0.120. The molecule has 3 aromatic rings. The Labute approximate surface area is 188 Å². The number of rotatable bonds is 7. The van der Waals surface area contributed by atoms with Crippen molar-refractivity contribution >= 4 is 40.1 Å². The zero-order valence-corrected chi connectivity index (χ0v) is 18.1. The van der Waals surface area contributed by atoms with Crippen molar-refractivity contribution in [3.8, 4) is 17.2 Å². The zero-order valence-electron chi connectivity index (χ0n) is 17.3. The molecular weight excluding hydrogens is 428 g/mol. The van der Waals surface area contributed by atoms with Crippen LogP contribution >= 0.6 is 11.3 Å². The van der Waals surface area contributed by atoms with Crippen molar-refractivity contribution in [3.63, 3.8) is 0 Å². The minimum absolute atomic E-state index is 0.156. The van der Waals surface area contributed by atoms with E-state index in [0.29, 0.717) is 45.7 Å². The predicted molar refractivity (Wildman–Crippen MR) is 122 cm³/mol. The second-order valence-corrected chi connectivity index (χ2v) is 8.16. The number of carbonyl (C=O) groups is 2. The number of carbonyl (C=O) groups excluding carboxylic acids is 2. The summed E-state index contributed by atoms with van der Waals surface area (Å²) in [6.45, 7) is 2.73. The summed E-state index contributed by atoms with van der Waals surface area (Å²) in [5, 5.41) is 5.02. The van der Waals surface area contributed by atoms with Crippen LogP contribution in [-0.4, -0.2) is 25.2 Å². The highest BCUT2D eigenvalue weighted by Gasteiger charge is 2.41. The van der Waals surface area contributed by atoms with E-state index >= 15 is 0 Å². The molecule has 3 heterocycles. The summed E-state index contributed by atoms with van der Waals surface area (Å²) in [5.41, 5.74) is 1.64. The second-order valence-electron chi connectivity index (χ2n) is 7.21. The van der Waals surface area contributed by atoms with Crippen LogP contribution in [0.2, 0.25) is 0 Å². The molecule has 8 heteroatoms. The molecule has 0 unspecified atom stereocenters. The summed E-state index contributed by atoms with van der Waals surface area (Å²) in [6.07, 6.45) is 0.861. The summed E-state index contributed by atoms with van der Waals surface area (Å²) < 4.78 is 16.5. The van der Waals surface area contributed by atoms with Gasteiger partial charge in [0.2, 0.25) is 6.79 Å². The molecule has 7 nitrogen and oxygen atoms in total. The SMILES string of the molecule is CCCOc1cccc(N2C(=O)C(Nc3ccc4c(c3)OCO4)=C(c3cccs3)C2=O)c1. The molecule has 2 aliphatic heterocycles. The number of amides is 2. The van der Waals surface area contributed by atoms with Gasteiger partial charge in [0.05, 0.1) is 17.9 Å². The normalized spacial score (nSPS) is 15.0. The first kappa shape index (κ1) is 20.1. The molecule has 2 aromatic carbocycles. The van der Waals surface area contributed by atoms with Crippen LogP contribution < -0.4 is 24.4 Å². The number of nitrogens with zero attached hydrogens (tertiary/aromatic N) is 1. The van der Waals surface area contributed by atoms with Crippen LogP contribution in [0.15, 0.2) is 65.7 Å². The van der Waals surface area contributed by atoms with E-state index in [0.717, 1.165) is 6.42 Å². The largest absolute Gasteiger partial charge is 0.494 e. The third kappa shape index (κ3) is 3.58. The van der Waals surface area contributed by atoms with Crippen LogP contribution in [-0.2, 0) is 9.59 Å². The number of hydrogen-bond acceptors (Lipinski definition) is 7. The standard InChI is InChI=1S/C24H20N2O5S/c1-2-10-29-17-6-3-5-16(13-17)26-23(27)21(20-7-4-11-32-20)22(24(26)28)25-15-8-9-18-19(12-15)31-14-30-18/h3-9,11-13,25H,2,10,14H2,1H3. The summed E-state index contributed by atoms with van der Waals surface area (Å²) >= 11 is 1.40. The minimum Gasteiger partial charge on any atom is -0.494 e. The fraction of sp³-hybridized carbons (Fsp3) is 0.167. The van der Waals surface area contributed by atoms with E-state index in [1.54, 1.807) is 36.4 Å². The number of anilines is 2. The summed E-state index contributed by atoms with van der Waals surface area (Å²) in [7, 11) is 0. The molecule has 162 valence electrons. The van der Waals surface area contributed by atoms with Gasteiger partial charge in [-0.15, -0.1) is 11.3 Å². The van der Waals surface area contributed by atoms with Gasteiger partial charge < -0.3 is 19.5 Å². The van der Waals surface area contributed by atoms with E-state index in [-0.39, 0.29) is 18.4 Å². The van der Waals surface area contributed by atoms with E-state index in [1.165, 1.54) is 16.2 Å². The molecule has 1 aromatic heterocycles. The van der Waals surface area contributed by atoms with Crippen molar-refractivity contribution in [3.05, 3.63) is 70.6 Å². The maximum Gasteiger partial charge on any atom is 0.282 e. The van der Waals surface area contributed by atoms with E-state index in [9.17, 15) is 9.59 Å². The Hall–Kier alpha value is -3.78. The van der Waals surface area contributed by atoms with Gasteiger partial charge in [0.15, 0.2) is 11.5 Å². The third-order valence-corrected chi connectivity index (χ3v) is 5.93. The molecule has 2 amide bonds. The van der Waals surface area contributed by atoms with Crippen molar-refractivity contribution < 1.29 is 23.8 Å². The molecule has 1 N–H and O–H groups in total. The lowest BCUT2D eigenvalue weighted by Gasteiger charge is -2.16. The Kier molecular flexibility index (Phi) is 5.28. The summed E-state index contributed by atoms with van der Waals surface area (Å²) in [6, 6.07) is 16.0. The highest BCUT2D eigenvalue weighted by Crippen LogP contribution is 2.38. The van der Waals surface area contributed by atoms with Gasteiger partial charge in [0.1, 0.15) is 11.4 Å². The zero-order chi connectivity index (χ0) is 22.1. The maximum absolute atomic E-state index is 13.5. The highest BCUT2D eigenvalue weighted by molar-refractivity contribution is 7.11. The summed E-state index contributed by atoms with van der Waals surface area (Å²) in [5.74, 6) is 1.03. The molecule has 0 radical (unpaired) electrons. The topological polar surface area (TPSA) is 77.1 Å². The molecular formula is C24H20N2O5S. The van der Waals surface area contributed by atoms with Gasteiger partial charge in [-0.2, -0.15) is 0 Å². The Balaban J connectivity index is 1.52. The van der Waals surface area contributed by atoms with Gasteiger partial charge in [-0.05, 0) is 42.1 Å².